The number of amides is 1. The van der Waals surface area contributed by atoms with Gasteiger partial charge in [-0.05, 0) is 19.1 Å². The van der Waals surface area contributed by atoms with Crippen molar-refractivity contribution in [3.8, 4) is 0 Å². The lowest BCUT2D eigenvalue weighted by molar-refractivity contribution is -0.0805. The van der Waals surface area contributed by atoms with Gasteiger partial charge in [-0.2, -0.15) is 5.10 Å². The highest BCUT2D eigenvalue weighted by Gasteiger charge is 2.44. The van der Waals surface area contributed by atoms with Crippen molar-refractivity contribution in [3.05, 3.63) is 41.5 Å². The predicted molar refractivity (Wildman–Crippen MR) is 68.7 cm³/mol. The Labute approximate surface area is 110 Å². The number of H-pyrrole nitrogens is 2. The number of rotatable bonds is 3. The molecule has 0 saturated carbocycles. The number of nitrogens with one attached hydrogen (secondary N) is 2. The van der Waals surface area contributed by atoms with Crippen LogP contribution >= 0.6 is 0 Å². The molecule has 100 valence electrons. The van der Waals surface area contributed by atoms with E-state index in [0.29, 0.717) is 25.1 Å². The Morgan fingerprint density at radius 1 is 1.53 bits per heavy atom. The zero-order chi connectivity index (χ0) is 13.5. The molecule has 0 unspecified atom stereocenters. The normalized spacial score (nSPS) is 17.3. The number of aromatic amines is 2. The fourth-order valence-electron chi connectivity index (χ4n) is 2.51. The zero-order valence-electron chi connectivity index (χ0n) is 10.7. The van der Waals surface area contributed by atoms with Crippen LogP contribution in [0.25, 0.3) is 0 Å². The number of nitrogens with zero attached hydrogens (tertiary/aromatic N) is 2. The first-order valence-electron chi connectivity index (χ1n) is 6.21. The summed E-state index contributed by atoms with van der Waals surface area (Å²) >= 11 is 0. The van der Waals surface area contributed by atoms with E-state index in [0.717, 1.165) is 11.4 Å². The van der Waals surface area contributed by atoms with Crippen molar-refractivity contribution in [2.75, 3.05) is 13.1 Å². The van der Waals surface area contributed by atoms with Gasteiger partial charge < -0.3 is 15.0 Å². The van der Waals surface area contributed by atoms with Crippen molar-refractivity contribution < 1.29 is 9.90 Å². The summed E-state index contributed by atoms with van der Waals surface area (Å²) in [4.78, 5) is 16.8. The van der Waals surface area contributed by atoms with Crippen molar-refractivity contribution in [3.63, 3.8) is 0 Å². The fraction of sp³-hybridized carbons (Fsp3) is 0.385. The molecule has 0 aromatic carbocycles. The molecular formula is C13H16N4O2. The van der Waals surface area contributed by atoms with Gasteiger partial charge in [0.1, 0.15) is 5.60 Å². The molecule has 3 rings (SSSR count). The molecule has 1 amide bonds. The average Bonchev–Trinajstić information content (AvgIpc) is 2.96. The van der Waals surface area contributed by atoms with Gasteiger partial charge in [-0.3, -0.25) is 9.89 Å². The van der Waals surface area contributed by atoms with Crippen LogP contribution in [0.2, 0.25) is 0 Å². The van der Waals surface area contributed by atoms with Gasteiger partial charge in [0.25, 0.3) is 5.91 Å². The second-order valence-electron chi connectivity index (χ2n) is 5.16. The van der Waals surface area contributed by atoms with Crippen molar-refractivity contribution in [2.24, 2.45) is 0 Å². The van der Waals surface area contributed by atoms with Crippen LogP contribution in [-0.2, 0) is 6.42 Å². The SMILES string of the molecule is Cc1[nH]ccc1C(=O)N1CC(O)(Cc2ccn[nH]2)C1. The summed E-state index contributed by atoms with van der Waals surface area (Å²) < 4.78 is 0. The average molecular weight is 260 g/mol. The topological polar surface area (TPSA) is 85.0 Å². The van der Waals surface area contributed by atoms with E-state index in [-0.39, 0.29) is 5.91 Å². The third kappa shape index (κ3) is 2.15. The maximum absolute atomic E-state index is 12.2. The van der Waals surface area contributed by atoms with Gasteiger partial charge in [0, 0.05) is 30.2 Å². The Morgan fingerprint density at radius 2 is 2.32 bits per heavy atom. The number of hydrogen-bond donors (Lipinski definition) is 3. The highest BCUT2D eigenvalue weighted by Crippen LogP contribution is 2.26. The van der Waals surface area contributed by atoms with Gasteiger partial charge in [-0.25, -0.2) is 0 Å². The maximum Gasteiger partial charge on any atom is 0.255 e. The summed E-state index contributed by atoms with van der Waals surface area (Å²) in [5, 5.41) is 17.0. The predicted octanol–water partition coefficient (Wildman–Crippen LogP) is 0.476. The van der Waals surface area contributed by atoms with Crippen molar-refractivity contribution in [2.45, 2.75) is 18.9 Å². The Balaban J connectivity index is 1.63. The monoisotopic (exact) mass is 260 g/mol. The quantitative estimate of drug-likeness (QED) is 0.750. The molecule has 19 heavy (non-hydrogen) atoms. The lowest BCUT2D eigenvalue weighted by Crippen LogP contribution is -2.64. The molecular weight excluding hydrogens is 244 g/mol. The number of aliphatic hydroxyl groups is 1. The number of likely N-dealkylation sites (tertiary alicyclic amines) is 1. The van der Waals surface area contributed by atoms with Crippen molar-refractivity contribution in [1.29, 1.82) is 0 Å². The van der Waals surface area contributed by atoms with E-state index in [1.54, 1.807) is 23.4 Å². The van der Waals surface area contributed by atoms with Crippen LogP contribution in [0.15, 0.2) is 24.5 Å². The molecule has 1 saturated heterocycles. The van der Waals surface area contributed by atoms with Crippen LogP contribution in [0.4, 0.5) is 0 Å². The van der Waals surface area contributed by atoms with Crippen LogP contribution in [-0.4, -0.2) is 49.8 Å². The smallest absolute Gasteiger partial charge is 0.255 e. The number of carbonyl (C=O) groups is 1. The van der Waals surface area contributed by atoms with E-state index in [1.807, 2.05) is 13.0 Å². The molecule has 0 aliphatic carbocycles. The Morgan fingerprint density at radius 3 is 2.89 bits per heavy atom. The minimum absolute atomic E-state index is 0.0342. The number of β-amino-alcohol motifs (C(OH)–C–C–N with tert-alkyl or cyclic N) is 1. The summed E-state index contributed by atoms with van der Waals surface area (Å²) in [5.74, 6) is -0.0342. The summed E-state index contributed by atoms with van der Waals surface area (Å²) in [6.07, 6.45) is 3.89. The summed E-state index contributed by atoms with van der Waals surface area (Å²) in [6.45, 7) is 2.58. The van der Waals surface area contributed by atoms with E-state index in [4.69, 9.17) is 0 Å². The minimum atomic E-state index is -0.841. The molecule has 6 heteroatoms. The fourth-order valence-corrected chi connectivity index (χ4v) is 2.51. The molecule has 0 spiro atoms. The third-order valence-corrected chi connectivity index (χ3v) is 3.52. The second kappa shape index (κ2) is 4.24. The van der Waals surface area contributed by atoms with Gasteiger partial charge >= 0.3 is 0 Å². The van der Waals surface area contributed by atoms with Gasteiger partial charge in [-0.1, -0.05) is 0 Å². The highest BCUT2D eigenvalue weighted by molar-refractivity contribution is 5.96. The molecule has 1 aliphatic heterocycles. The standard InChI is InChI=1S/C13H16N4O2/c1-9-11(3-4-14-9)12(18)17-7-13(19,8-17)6-10-2-5-15-16-10/h2-5,14,19H,6-8H2,1H3,(H,15,16). The molecule has 0 atom stereocenters. The molecule has 3 N–H and O–H groups in total. The number of aromatic nitrogens is 3. The lowest BCUT2D eigenvalue weighted by atomic mass is 9.88. The first-order valence-corrected chi connectivity index (χ1v) is 6.21. The first kappa shape index (κ1) is 12.0. The van der Waals surface area contributed by atoms with Crippen LogP contribution in [0.3, 0.4) is 0 Å². The molecule has 2 aromatic rings. The van der Waals surface area contributed by atoms with E-state index < -0.39 is 5.60 Å². The number of hydrogen-bond acceptors (Lipinski definition) is 3. The van der Waals surface area contributed by atoms with Crippen LogP contribution in [0.5, 0.6) is 0 Å². The number of carbonyl (C=O) groups excluding carboxylic acids is 1. The minimum Gasteiger partial charge on any atom is -0.386 e. The molecule has 2 aromatic heterocycles. The van der Waals surface area contributed by atoms with E-state index in [1.165, 1.54) is 0 Å². The van der Waals surface area contributed by atoms with Gasteiger partial charge in [0.2, 0.25) is 0 Å². The van der Waals surface area contributed by atoms with Crippen LogP contribution < -0.4 is 0 Å². The van der Waals surface area contributed by atoms with Gasteiger partial charge in [0.15, 0.2) is 0 Å². The molecule has 0 radical (unpaired) electrons. The largest absolute Gasteiger partial charge is 0.386 e. The van der Waals surface area contributed by atoms with E-state index >= 15 is 0 Å². The van der Waals surface area contributed by atoms with E-state index in [2.05, 4.69) is 15.2 Å². The Kier molecular flexibility index (Phi) is 2.67. The van der Waals surface area contributed by atoms with Gasteiger partial charge in [-0.15, -0.1) is 0 Å². The Bertz CT molecular complexity index is 582. The summed E-state index contributed by atoms with van der Waals surface area (Å²) in [5.41, 5.74) is 1.57. The number of aryl methyl sites for hydroxylation is 1. The molecule has 1 aliphatic rings. The van der Waals surface area contributed by atoms with Crippen LogP contribution in [0, 0.1) is 6.92 Å². The van der Waals surface area contributed by atoms with E-state index in [9.17, 15) is 9.90 Å². The first-order chi connectivity index (χ1) is 9.07. The van der Waals surface area contributed by atoms with Gasteiger partial charge in [0.05, 0.1) is 18.7 Å². The maximum atomic E-state index is 12.2. The molecule has 3 heterocycles. The second-order valence-corrected chi connectivity index (χ2v) is 5.16. The van der Waals surface area contributed by atoms with Crippen molar-refractivity contribution >= 4 is 5.91 Å². The molecule has 0 bridgehead atoms. The van der Waals surface area contributed by atoms with Crippen LogP contribution in [0.1, 0.15) is 21.7 Å². The summed E-state index contributed by atoms with van der Waals surface area (Å²) in [6, 6.07) is 3.60. The Hall–Kier alpha value is -2.08. The third-order valence-electron chi connectivity index (χ3n) is 3.52. The van der Waals surface area contributed by atoms with Crippen molar-refractivity contribution in [1.82, 2.24) is 20.1 Å². The lowest BCUT2D eigenvalue weighted by Gasteiger charge is -2.46. The zero-order valence-corrected chi connectivity index (χ0v) is 10.7. The molecule has 6 nitrogen and oxygen atoms in total. The summed E-state index contributed by atoms with van der Waals surface area (Å²) in [7, 11) is 0. The molecule has 1 fully saturated rings. The highest BCUT2D eigenvalue weighted by atomic mass is 16.3.